The summed E-state index contributed by atoms with van der Waals surface area (Å²) in [5, 5.41) is 3.75. The van der Waals surface area contributed by atoms with Crippen LogP contribution in [0.3, 0.4) is 0 Å². The Labute approximate surface area is 93.6 Å². The molecule has 0 unspecified atom stereocenters. The molecule has 2 rings (SSSR count). The second-order valence-electron chi connectivity index (χ2n) is 3.86. The fourth-order valence-corrected chi connectivity index (χ4v) is 1.98. The molecule has 1 aliphatic heterocycles. The molecule has 1 fully saturated rings. The minimum atomic E-state index is -0.0798. The number of aryl methyl sites for hydroxylation is 1. The van der Waals surface area contributed by atoms with E-state index in [0.717, 1.165) is 19.4 Å². The zero-order chi connectivity index (χ0) is 11.5. The van der Waals surface area contributed by atoms with E-state index in [2.05, 4.69) is 10.1 Å². The number of aromatic nitrogens is 2. The van der Waals surface area contributed by atoms with Crippen molar-refractivity contribution >= 4 is 5.91 Å². The second-order valence-corrected chi connectivity index (χ2v) is 3.86. The van der Waals surface area contributed by atoms with Crippen LogP contribution in [-0.4, -0.2) is 41.2 Å². The summed E-state index contributed by atoms with van der Waals surface area (Å²) in [6.45, 7) is 2.60. The van der Waals surface area contributed by atoms with Crippen LogP contribution in [0.2, 0.25) is 0 Å². The molecule has 1 saturated heterocycles. The monoisotopic (exact) mass is 225 g/mol. The first-order valence-corrected chi connectivity index (χ1v) is 5.31. The minimum absolute atomic E-state index is 0.0270. The third kappa shape index (κ3) is 2.06. The van der Waals surface area contributed by atoms with Crippen molar-refractivity contribution in [1.82, 2.24) is 15.0 Å². The highest BCUT2D eigenvalue weighted by Gasteiger charge is 2.33. The Kier molecular flexibility index (Phi) is 3.19. The summed E-state index contributed by atoms with van der Waals surface area (Å²) in [7, 11) is 1.51. The predicted molar refractivity (Wildman–Crippen MR) is 54.6 cm³/mol. The molecule has 1 atom stereocenters. The number of methoxy groups -OCH3 is 1. The largest absolute Gasteiger partial charge is 0.375 e. The summed E-state index contributed by atoms with van der Waals surface area (Å²) >= 11 is 0. The number of carbonyl (C=O) groups is 1. The fourth-order valence-electron chi connectivity index (χ4n) is 1.98. The fraction of sp³-hybridized carbons (Fsp3) is 0.700. The van der Waals surface area contributed by atoms with E-state index >= 15 is 0 Å². The Morgan fingerprint density at radius 3 is 3.12 bits per heavy atom. The molecule has 1 aromatic rings. The maximum atomic E-state index is 11.7. The maximum absolute atomic E-state index is 11.7. The van der Waals surface area contributed by atoms with Crippen LogP contribution in [0.15, 0.2) is 4.52 Å². The van der Waals surface area contributed by atoms with Crippen LogP contribution >= 0.6 is 0 Å². The summed E-state index contributed by atoms with van der Waals surface area (Å²) in [4.78, 5) is 17.7. The summed E-state index contributed by atoms with van der Waals surface area (Å²) in [5.74, 6) is 1.10. The first-order chi connectivity index (χ1) is 7.72. The van der Waals surface area contributed by atoms with Crippen LogP contribution in [-0.2, 0) is 9.53 Å². The number of ether oxygens (including phenoxy) is 1. The molecule has 0 N–H and O–H groups in total. The number of likely N-dealkylation sites (tertiary alicyclic amines) is 1. The lowest BCUT2D eigenvalue weighted by molar-refractivity contribution is -0.136. The van der Waals surface area contributed by atoms with Crippen LogP contribution < -0.4 is 0 Å². The average molecular weight is 225 g/mol. The highest BCUT2D eigenvalue weighted by Crippen LogP contribution is 2.30. The molecule has 0 aromatic carbocycles. The molecule has 6 heteroatoms. The molecule has 0 saturated carbocycles. The third-order valence-corrected chi connectivity index (χ3v) is 2.67. The van der Waals surface area contributed by atoms with Crippen LogP contribution in [0.4, 0.5) is 0 Å². The predicted octanol–water partition coefficient (Wildman–Crippen LogP) is 0.688. The minimum Gasteiger partial charge on any atom is -0.375 e. The van der Waals surface area contributed by atoms with Gasteiger partial charge in [-0.3, -0.25) is 4.79 Å². The Morgan fingerprint density at radius 2 is 2.50 bits per heavy atom. The molecule has 88 valence electrons. The molecule has 0 radical (unpaired) electrons. The van der Waals surface area contributed by atoms with Crippen molar-refractivity contribution < 1.29 is 14.1 Å². The van der Waals surface area contributed by atoms with Gasteiger partial charge in [0.15, 0.2) is 5.82 Å². The van der Waals surface area contributed by atoms with Gasteiger partial charge in [-0.25, -0.2) is 0 Å². The van der Waals surface area contributed by atoms with Crippen molar-refractivity contribution in [3.05, 3.63) is 11.7 Å². The van der Waals surface area contributed by atoms with Gasteiger partial charge in [-0.2, -0.15) is 4.98 Å². The van der Waals surface area contributed by atoms with E-state index < -0.39 is 0 Å². The average Bonchev–Trinajstić information content (AvgIpc) is 2.85. The normalized spacial score (nSPS) is 20.4. The Morgan fingerprint density at radius 1 is 1.69 bits per heavy atom. The topological polar surface area (TPSA) is 68.5 Å². The van der Waals surface area contributed by atoms with Crippen LogP contribution in [0.1, 0.15) is 30.6 Å². The molecule has 1 amide bonds. The van der Waals surface area contributed by atoms with Crippen molar-refractivity contribution in [2.45, 2.75) is 25.8 Å². The molecule has 0 spiro atoms. The lowest BCUT2D eigenvalue weighted by Gasteiger charge is -2.21. The van der Waals surface area contributed by atoms with Gasteiger partial charge in [-0.15, -0.1) is 0 Å². The Bertz CT molecular complexity index is 377. The summed E-state index contributed by atoms with van der Waals surface area (Å²) < 4.78 is 9.96. The molecule has 6 nitrogen and oxygen atoms in total. The third-order valence-electron chi connectivity index (χ3n) is 2.67. The number of carbonyl (C=O) groups excluding carboxylic acids is 1. The van der Waals surface area contributed by atoms with Crippen molar-refractivity contribution in [3.8, 4) is 0 Å². The highest BCUT2D eigenvalue weighted by atomic mass is 16.5. The molecule has 16 heavy (non-hydrogen) atoms. The van der Waals surface area contributed by atoms with E-state index in [1.54, 1.807) is 11.8 Å². The van der Waals surface area contributed by atoms with E-state index in [1.807, 2.05) is 0 Å². The number of amides is 1. The number of hydrogen-bond acceptors (Lipinski definition) is 5. The van der Waals surface area contributed by atoms with E-state index in [1.165, 1.54) is 7.11 Å². The number of hydrogen-bond donors (Lipinski definition) is 0. The zero-order valence-corrected chi connectivity index (χ0v) is 9.47. The molecule has 2 heterocycles. The van der Waals surface area contributed by atoms with Gasteiger partial charge in [-0.05, 0) is 19.8 Å². The van der Waals surface area contributed by atoms with Crippen LogP contribution in [0.25, 0.3) is 0 Å². The lowest BCUT2D eigenvalue weighted by atomic mass is 10.2. The lowest BCUT2D eigenvalue weighted by Crippen LogP contribution is -2.33. The smallest absolute Gasteiger partial charge is 0.249 e. The second kappa shape index (κ2) is 4.61. The van der Waals surface area contributed by atoms with Gasteiger partial charge in [0.25, 0.3) is 0 Å². The Hall–Kier alpha value is -1.43. The SMILES string of the molecule is COCC(=O)N1CCC[C@@H]1c1nc(C)no1. The first-order valence-electron chi connectivity index (χ1n) is 5.31. The molecule has 0 bridgehead atoms. The molecular formula is C10H15N3O3. The van der Waals surface area contributed by atoms with Crippen LogP contribution in [0, 0.1) is 6.92 Å². The van der Waals surface area contributed by atoms with E-state index in [0.29, 0.717) is 11.7 Å². The summed E-state index contributed by atoms with van der Waals surface area (Å²) in [5.41, 5.74) is 0. The quantitative estimate of drug-likeness (QED) is 0.757. The van der Waals surface area contributed by atoms with Crippen molar-refractivity contribution in [2.24, 2.45) is 0 Å². The van der Waals surface area contributed by atoms with E-state index in [-0.39, 0.29) is 18.6 Å². The molecule has 1 aromatic heterocycles. The summed E-state index contributed by atoms with van der Waals surface area (Å²) in [6, 6.07) is -0.0798. The van der Waals surface area contributed by atoms with Crippen LogP contribution in [0.5, 0.6) is 0 Å². The van der Waals surface area contributed by atoms with Gasteiger partial charge < -0.3 is 14.2 Å². The molecule has 1 aliphatic rings. The van der Waals surface area contributed by atoms with Gasteiger partial charge in [-0.1, -0.05) is 5.16 Å². The van der Waals surface area contributed by atoms with E-state index in [4.69, 9.17) is 9.26 Å². The van der Waals surface area contributed by atoms with Gasteiger partial charge in [0.2, 0.25) is 11.8 Å². The number of rotatable bonds is 3. The van der Waals surface area contributed by atoms with Gasteiger partial charge in [0.1, 0.15) is 12.6 Å². The molecular weight excluding hydrogens is 210 g/mol. The Balaban J connectivity index is 2.11. The number of nitrogens with zero attached hydrogens (tertiary/aromatic N) is 3. The van der Waals surface area contributed by atoms with Crippen molar-refractivity contribution in [2.75, 3.05) is 20.3 Å². The first kappa shape index (κ1) is 11.1. The van der Waals surface area contributed by atoms with Crippen molar-refractivity contribution in [3.63, 3.8) is 0 Å². The van der Waals surface area contributed by atoms with Gasteiger partial charge >= 0.3 is 0 Å². The standard InChI is InChI=1S/C10H15N3O3/c1-7-11-10(16-12-7)8-4-3-5-13(8)9(14)6-15-2/h8H,3-6H2,1-2H3/t8-/m1/s1. The molecule has 0 aliphatic carbocycles. The van der Waals surface area contributed by atoms with Crippen molar-refractivity contribution in [1.29, 1.82) is 0 Å². The van der Waals surface area contributed by atoms with Gasteiger partial charge in [0, 0.05) is 13.7 Å². The van der Waals surface area contributed by atoms with Gasteiger partial charge in [0.05, 0.1) is 0 Å². The zero-order valence-electron chi connectivity index (χ0n) is 9.47. The highest BCUT2D eigenvalue weighted by molar-refractivity contribution is 5.78. The summed E-state index contributed by atoms with van der Waals surface area (Å²) in [6.07, 6.45) is 1.83. The maximum Gasteiger partial charge on any atom is 0.249 e. The van der Waals surface area contributed by atoms with E-state index in [9.17, 15) is 4.79 Å².